The molecule has 0 radical (unpaired) electrons. The molecule has 0 spiro atoms. The number of nitrogens with one attached hydrogen (secondary N) is 1. The van der Waals surface area contributed by atoms with Crippen molar-refractivity contribution in [3.63, 3.8) is 0 Å². The molecule has 1 N–H and O–H groups in total. The summed E-state index contributed by atoms with van der Waals surface area (Å²) < 4.78 is 2.22. The number of hydrogen-bond acceptors (Lipinski definition) is 3. The van der Waals surface area contributed by atoms with E-state index < -0.39 is 0 Å². The number of nitrogens with zero attached hydrogens (tertiary/aromatic N) is 3. The van der Waals surface area contributed by atoms with Gasteiger partial charge < -0.3 is 4.98 Å². The molecule has 2 aromatic heterocycles. The van der Waals surface area contributed by atoms with Crippen LogP contribution in [-0.2, 0) is 5.75 Å². The van der Waals surface area contributed by atoms with Gasteiger partial charge in [-0.05, 0) is 31.2 Å². The summed E-state index contributed by atoms with van der Waals surface area (Å²) in [5.74, 6) is 1.68. The number of H-pyrrole nitrogens is 1. The van der Waals surface area contributed by atoms with Gasteiger partial charge in [0.05, 0.1) is 28.7 Å². The van der Waals surface area contributed by atoms with Crippen molar-refractivity contribution in [2.24, 2.45) is 0 Å². The minimum absolute atomic E-state index is 0.728. The van der Waals surface area contributed by atoms with Crippen molar-refractivity contribution in [2.75, 3.05) is 0 Å². The van der Waals surface area contributed by atoms with Crippen LogP contribution in [0.3, 0.4) is 0 Å². The second-order valence-corrected chi connectivity index (χ2v) is 7.89. The van der Waals surface area contributed by atoms with E-state index in [-0.39, 0.29) is 0 Å². The Morgan fingerprint density at radius 1 is 0.897 bits per heavy atom. The second-order valence-electron chi connectivity index (χ2n) is 6.95. The third-order valence-corrected chi connectivity index (χ3v) is 5.83. The Balaban J connectivity index is 1.52. The average Bonchev–Trinajstić information content (AvgIpc) is 3.37. The summed E-state index contributed by atoms with van der Waals surface area (Å²) in [6, 6.07) is 27.1. The maximum absolute atomic E-state index is 4.74. The molecule has 4 nitrogen and oxygen atoms in total. The van der Waals surface area contributed by atoms with Gasteiger partial charge in [0.15, 0.2) is 5.16 Å². The van der Waals surface area contributed by atoms with E-state index in [1.54, 1.807) is 11.8 Å². The molecule has 0 aliphatic heterocycles. The largest absolute Gasteiger partial charge is 0.341 e. The summed E-state index contributed by atoms with van der Waals surface area (Å²) in [5.41, 5.74) is 6.65. The normalized spacial score (nSPS) is 11.2. The van der Waals surface area contributed by atoms with Crippen LogP contribution in [0.5, 0.6) is 0 Å². The lowest BCUT2D eigenvalue weighted by Crippen LogP contribution is -1.99. The first-order valence-corrected chi connectivity index (χ1v) is 10.5. The zero-order valence-corrected chi connectivity index (χ0v) is 16.9. The summed E-state index contributed by atoms with van der Waals surface area (Å²) in [6.07, 6.45) is 1.95. The molecule has 2 heterocycles. The standard InChI is InChI=1S/C24H20N4S/c1-17-11-13-19(14-12-17)28-22(18-7-3-2-4-8-18)15-25-24(28)29-16-23-26-20-9-5-6-10-21(20)27-23/h2-15H,16H2,1H3,(H,26,27). The minimum Gasteiger partial charge on any atom is -0.341 e. The van der Waals surface area contributed by atoms with Crippen LogP contribution in [0, 0.1) is 6.92 Å². The molecule has 142 valence electrons. The first-order valence-electron chi connectivity index (χ1n) is 9.54. The van der Waals surface area contributed by atoms with Gasteiger partial charge in [-0.1, -0.05) is 71.9 Å². The number of aromatic amines is 1. The quantitative estimate of drug-likeness (QED) is 0.370. The summed E-state index contributed by atoms with van der Waals surface area (Å²) in [7, 11) is 0. The van der Waals surface area contributed by atoms with E-state index in [1.807, 2.05) is 30.5 Å². The predicted octanol–water partition coefficient (Wildman–Crippen LogP) is 6.02. The van der Waals surface area contributed by atoms with Crippen molar-refractivity contribution in [3.8, 4) is 16.9 Å². The Bertz CT molecular complexity index is 1220. The van der Waals surface area contributed by atoms with Gasteiger partial charge in [-0.25, -0.2) is 9.97 Å². The predicted molar refractivity (Wildman–Crippen MR) is 119 cm³/mol. The lowest BCUT2D eigenvalue weighted by atomic mass is 10.1. The third kappa shape index (κ3) is 3.57. The van der Waals surface area contributed by atoms with Crippen molar-refractivity contribution in [2.45, 2.75) is 17.8 Å². The number of para-hydroxylation sites is 2. The van der Waals surface area contributed by atoms with Crippen LogP contribution in [0.2, 0.25) is 0 Å². The van der Waals surface area contributed by atoms with Crippen molar-refractivity contribution in [1.82, 2.24) is 19.5 Å². The molecule has 5 rings (SSSR count). The first kappa shape index (κ1) is 17.8. The Hall–Kier alpha value is -3.31. The van der Waals surface area contributed by atoms with Gasteiger partial charge in [-0.15, -0.1) is 0 Å². The summed E-state index contributed by atoms with van der Waals surface area (Å²) >= 11 is 1.69. The third-order valence-electron chi connectivity index (χ3n) is 4.87. The molecule has 0 fully saturated rings. The Labute approximate surface area is 173 Å². The Morgan fingerprint density at radius 2 is 1.66 bits per heavy atom. The van der Waals surface area contributed by atoms with E-state index >= 15 is 0 Å². The van der Waals surface area contributed by atoms with Crippen molar-refractivity contribution < 1.29 is 0 Å². The zero-order valence-electron chi connectivity index (χ0n) is 16.0. The smallest absolute Gasteiger partial charge is 0.173 e. The highest BCUT2D eigenvalue weighted by Crippen LogP contribution is 2.31. The molecule has 29 heavy (non-hydrogen) atoms. The van der Waals surface area contributed by atoms with Crippen LogP contribution in [0.4, 0.5) is 0 Å². The highest BCUT2D eigenvalue weighted by molar-refractivity contribution is 7.98. The SMILES string of the molecule is Cc1ccc(-n2c(-c3ccccc3)cnc2SCc2nc3ccccc3[nH]2)cc1. The molecule has 5 heteroatoms. The molecule has 0 bridgehead atoms. The number of thioether (sulfide) groups is 1. The minimum atomic E-state index is 0.728. The Morgan fingerprint density at radius 3 is 2.45 bits per heavy atom. The topological polar surface area (TPSA) is 46.5 Å². The zero-order chi connectivity index (χ0) is 19.6. The Kier molecular flexibility index (Phi) is 4.66. The van der Waals surface area contributed by atoms with E-state index in [1.165, 1.54) is 5.56 Å². The van der Waals surface area contributed by atoms with Crippen LogP contribution in [0.1, 0.15) is 11.4 Å². The molecule has 3 aromatic carbocycles. The van der Waals surface area contributed by atoms with Gasteiger partial charge in [0.1, 0.15) is 5.82 Å². The van der Waals surface area contributed by atoms with Gasteiger partial charge in [0, 0.05) is 11.3 Å². The van der Waals surface area contributed by atoms with E-state index in [4.69, 9.17) is 9.97 Å². The van der Waals surface area contributed by atoms with Gasteiger partial charge >= 0.3 is 0 Å². The lowest BCUT2D eigenvalue weighted by Gasteiger charge is -2.12. The molecule has 0 atom stereocenters. The number of hydrogen-bond donors (Lipinski definition) is 1. The van der Waals surface area contributed by atoms with E-state index in [0.717, 1.165) is 44.7 Å². The molecule has 5 aromatic rings. The maximum Gasteiger partial charge on any atom is 0.173 e. The second kappa shape index (κ2) is 7.60. The number of aryl methyl sites for hydroxylation is 1. The highest BCUT2D eigenvalue weighted by Gasteiger charge is 2.15. The van der Waals surface area contributed by atoms with Crippen LogP contribution >= 0.6 is 11.8 Å². The molecular weight excluding hydrogens is 376 g/mol. The van der Waals surface area contributed by atoms with Crippen LogP contribution < -0.4 is 0 Å². The fourth-order valence-corrected chi connectivity index (χ4v) is 4.26. The van der Waals surface area contributed by atoms with Gasteiger partial charge in [-0.2, -0.15) is 0 Å². The molecular formula is C24H20N4S. The highest BCUT2D eigenvalue weighted by atomic mass is 32.2. The van der Waals surface area contributed by atoms with E-state index in [2.05, 4.69) is 71.1 Å². The van der Waals surface area contributed by atoms with Crippen molar-refractivity contribution in [3.05, 3.63) is 96.4 Å². The molecule has 0 saturated heterocycles. The average molecular weight is 397 g/mol. The number of benzene rings is 3. The maximum atomic E-state index is 4.74. The van der Waals surface area contributed by atoms with Crippen LogP contribution in [0.15, 0.2) is 90.2 Å². The molecule has 0 aliphatic carbocycles. The van der Waals surface area contributed by atoms with Gasteiger partial charge in [0.25, 0.3) is 0 Å². The van der Waals surface area contributed by atoms with Crippen molar-refractivity contribution >= 4 is 22.8 Å². The van der Waals surface area contributed by atoms with Crippen LogP contribution in [0.25, 0.3) is 28.0 Å². The summed E-state index contributed by atoms with van der Waals surface area (Å²) in [5, 5.41) is 0.952. The summed E-state index contributed by atoms with van der Waals surface area (Å²) in [4.78, 5) is 12.8. The molecule has 0 amide bonds. The van der Waals surface area contributed by atoms with Gasteiger partial charge in [-0.3, -0.25) is 4.57 Å². The van der Waals surface area contributed by atoms with E-state index in [9.17, 15) is 0 Å². The number of fused-ring (bicyclic) bond motifs is 1. The molecule has 0 aliphatic rings. The fourth-order valence-electron chi connectivity index (χ4n) is 3.40. The molecule has 0 unspecified atom stereocenters. The molecule has 0 saturated carbocycles. The van der Waals surface area contributed by atoms with E-state index in [0.29, 0.717) is 0 Å². The number of aromatic nitrogens is 4. The van der Waals surface area contributed by atoms with Crippen LogP contribution in [-0.4, -0.2) is 19.5 Å². The van der Waals surface area contributed by atoms with Gasteiger partial charge in [0.2, 0.25) is 0 Å². The number of rotatable bonds is 5. The van der Waals surface area contributed by atoms with Crippen molar-refractivity contribution in [1.29, 1.82) is 0 Å². The lowest BCUT2D eigenvalue weighted by molar-refractivity contribution is 0.898. The number of imidazole rings is 2. The summed E-state index contributed by atoms with van der Waals surface area (Å²) in [6.45, 7) is 2.10. The first-order chi connectivity index (χ1) is 14.3. The monoisotopic (exact) mass is 396 g/mol. The fraction of sp³-hybridized carbons (Fsp3) is 0.0833.